The minimum absolute atomic E-state index is 0.00343. The van der Waals surface area contributed by atoms with E-state index in [1.807, 2.05) is 13.1 Å². The molecule has 1 saturated carbocycles. The van der Waals surface area contributed by atoms with Crippen molar-refractivity contribution in [1.82, 2.24) is 10.2 Å². The molecule has 2 amide bonds. The number of benzene rings is 2. The number of hydrogen-bond donors (Lipinski definition) is 1. The Labute approximate surface area is 237 Å². The first-order valence-electron chi connectivity index (χ1n) is 14.6. The van der Waals surface area contributed by atoms with E-state index >= 15 is 0 Å². The third-order valence-electron chi connectivity index (χ3n) is 8.22. The van der Waals surface area contributed by atoms with Gasteiger partial charge in [-0.1, -0.05) is 25.1 Å². The van der Waals surface area contributed by atoms with Gasteiger partial charge in [-0.2, -0.15) is 0 Å². The van der Waals surface area contributed by atoms with Crippen molar-refractivity contribution in [3.8, 4) is 5.75 Å². The summed E-state index contributed by atoms with van der Waals surface area (Å²) >= 11 is 0. The second kappa shape index (κ2) is 14.1. The number of anilines is 1. The van der Waals surface area contributed by atoms with Crippen LogP contribution < -0.4 is 15.0 Å². The molecule has 1 aliphatic carbocycles. The average molecular weight is 556 g/mol. The molecule has 218 valence electrons. The van der Waals surface area contributed by atoms with Crippen LogP contribution in [-0.4, -0.2) is 55.9 Å². The van der Waals surface area contributed by atoms with Gasteiger partial charge in [0.1, 0.15) is 5.75 Å². The molecule has 0 spiro atoms. The maximum absolute atomic E-state index is 13.3. The second-order valence-corrected chi connectivity index (χ2v) is 11.6. The zero-order chi connectivity index (χ0) is 28.6. The molecule has 1 aliphatic heterocycles. The smallest absolute Gasteiger partial charge is 0.255 e. The van der Waals surface area contributed by atoms with Crippen molar-refractivity contribution in [2.45, 2.75) is 77.9 Å². The minimum atomic E-state index is -2.57. The number of halogens is 2. The van der Waals surface area contributed by atoms with Gasteiger partial charge in [0.25, 0.3) is 6.43 Å². The molecule has 2 aliphatic rings. The molecule has 1 atom stereocenters. The molecule has 6 nitrogen and oxygen atoms in total. The highest BCUT2D eigenvalue weighted by atomic mass is 19.3. The van der Waals surface area contributed by atoms with Gasteiger partial charge in [0.15, 0.2) is 0 Å². The number of piperidine rings is 1. The SMILES string of the molecule is Cc1cc(N(C)C(=O)C2CCC(Oc3cccc(CC(=O)NCC(F)F)c3)CC2)ccc1CN1CCC[C@@H](C)C1. The lowest BCUT2D eigenvalue weighted by molar-refractivity contribution is -0.123. The van der Waals surface area contributed by atoms with E-state index in [9.17, 15) is 18.4 Å². The molecule has 2 fully saturated rings. The maximum atomic E-state index is 13.3. The predicted molar refractivity (Wildman–Crippen MR) is 154 cm³/mol. The van der Waals surface area contributed by atoms with Gasteiger partial charge in [0.05, 0.1) is 19.1 Å². The van der Waals surface area contributed by atoms with Crippen molar-refractivity contribution in [1.29, 1.82) is 0 Å². The molecule has 1 N–H and O–H groups in total. The summed E-state index contributed by atoms with van der Waals surface area (Å²) in [6, 6.07) is 13.6. The Morgan fingerprint density at radius 1 is 1.10 bits per heavy atom. The number of amides is 2. The lowest BCUT2D eigenvalue weighted by Crippen LogP contribution is -2.37. The van der Waals surface area contributed by atoms with Gasteiger partial charge < -0.3 is 15.0 Å². The van der Waals surface area contributed by atoms with Crippen LogP contribution in [0.3, 0.4) is 0 Å². The number of nitrogens with zero attached hydrogens (tertiary/aromatic N) is 2. The third kappa shape index (κ3) is 8.50. The number of carbonyl (C=O) groups excluding carboxylic acids is 2. The normalized spacial score (nSPS) is 21.7. The van der Waals surface area contributed by atoms with Gasteiger partial charge >= 0.3 is 0 Å². The Morgan fingerprint density at radius 2 is 1.88 bits per heavy atom. The van der Waals surface area contributed by atoms with Crippen LogP contribution >= 0.6 is 0 Å². The summed E-state index contributed by atoms with van der Waals surface area (Å²) in [5.41, 5.74) is 4.20. The van der Waals surface area contributed by atoms with E-state index in [0.29, 0.717) is 11.3 Å². The van der Waals surface area contributed by atoms with Crippen LogP contribution in [-0.2, 0) is 22.6 Å². The molecule has 2 aromatic rings. The highest BCUT2D eigenvalue weighted by Gasteiger charge is 2.30. The van der Waals surface area contributed by atoms with Crippen LogP contribution in [0.25, 0.3) is 0 Å². The van der Waals surface area contributed by atoms with Gasteiger partial charge in [-0.3, -0.25) is 14.5 Å². The van der Waals surface area contributed by atoms with Crippen LogP contribution in [0.15, 0.2) is 42.5 Å². The van der Waals surface area contributed by atoms with Crippen molar-refractivity contribution in [3.63, 3.8) is 0 Å². The van der Waals surface area contributed by atoms with Crippen LogP contribution in [0.1, 0.15) is 62.1 Å². The zero-order valence-corrected chi connectivity index (χ0v) is 24.0. The molecule has 40 heavy (non-hydrogen) atoms. The molecular formula is C32H43F2N3O3. The Morgan fingerprint density at radius 3 is 2.58 bits per heavy atom. The van der Waals surface area contributed by atoms with E-state index in [0.717, 1.165) is 56.9 Å². The second-order valence-electron chi connectivity index (χ2n) is 11.6. The number of carbonyl (C=O) groups is 2. The number of rotatable bonds is 10. The first-order valence-corrected chi connectivity index (χ1v) is 14.6. The van der Waals surface area contributed by atoms with Crippen LogP contribution in [0, 0.1) is 18.8 Å². The fraction of sp³-hybridized carbons (Fsp3) is 0.562. The fourth-order valence-electron chi connectivity index (χ4n) is 5.93. The van der Waals surface area contributed by atoms with Crippen LogP contribution in [0.5, 0.6) is 5.75 Å². The maximum Gasteiger partial charge on any atom is 0.255 e. The van der Waals surface area contributed by atoms with Crippen LogP contribution in [0.2, 0.25) is 0 Å². The van der Waals surface area contributed by atoms with E-state index in [1.165, 1.54) is 24.0 Å². The average Bonchev–Trinajstić information content (AvgIpc) is 2.93. The van der Waals surface area contributed by atoms with E-state index in [4.69, 9.17) is 4.74 Å². The van der Waals surface area contributed by atoms with Crippen molar-refractivity contribution in [3.05, 3.63) is 59.2 Å². The van der Waals surface area contributed by atoms with Crippen molar-refractivity contribution >= 4 is 17.5 Å². The Hall–Kier alpha value is -3.00. The van der Waals surface area contributed by atoms with Gasteiger partial charge in [-0.25, -0.2) is 8.78 Å². The Balaban J connectivity index is 1.26. The third-order valence-corrected chi connectivity index (χ3v) is 8.22. The fourth-order valence-corrected chi connectivity index (χ4v) is 5.93. The van der Waals surface area contributed by atoms with Crippen molar-refractivity contribution in [2.75, 3.05) is 31.6 Å². The standard InChI is InChI=1S/C32H43F2N3O3/c1-22-6-5-15-37(20-22)21-26-9-12-27(16-23(26)2)36(3)32(39)25-10-13-28(14-11-25)40-29-8-4-7-24(17-29)18-31(38)35-19-30(33)34/h4,7-9,12,16-17,22,25,28,30H,5-6,10-11,13-15,18-21H2,1-3H3,(H,35,38)/t22-,25?,28?/m1/s1. The lowest BCUT2D eigenvalue weighted by Gasteiger charge is -2.32. The monoisotopic (exact) mass is 555 g/mol. The van der Waals surface area contributed by atoms with E-state index in [-0.39, 0.29) is 24.3 Å². The Bertz CT molecular complexity index is 1150. The molecule has 8 heteroatoms. The van der Waals surface area contributed by atoms with E-state index < -0.39 is 18.9 Å². The highest BCUT2D eigenvalue weighted by molar-refractivity contribution is 5.94. The summed E-state index contributed by atoms with van der Waals surface area (Å²) in [5, 5.41) is 2.22. The zero-order valence-electron chi connectivity index (χ0n) is 24.0. The topological polar surface area (TPSA) is 61.9 Å². The highest BCUT2D eigenvalue weighted by Crippen LogP contribution is 2.31. The van der Waals surface area contributed by atoms with Crippen LogP contribution in [0.4, 0.5) is 14.5 Å². The predicted octanol–water partition coefficient (Wildman–Crippen LogP) is 5.75. The van der Waals surface area contributed by atoms with Gasteiger partial charge in [-0.05, 0) is 98.9 Å². The summed E-state index contributed by atoms with van der Waals surface area (Å²) in [6.07, 6.45) is 3.09. The molecule has 2 aromatic carbocycles. The van der Waals surface area contributed by atoms with Crippen molar-refractivity contribution < 1.29 is 23.1 Å². The largest absolute Gasteiger partial charge is 0.490 e. The number of likely N-dealkylation sites (tertiary alicyclic amines) is 1. The number of nitrogens with one attached hydrogen (secondary N) is 1. The number of alkyl halides is 2. The first kappa shape index (κ1) is 30.0. The lowest BCUT2D eigenvalue weighted by atomic mass is 9.86. The number of hydrogen-bond acceptors (Lipinski definition) is 4. The van der Waals surface area contributed by atoms with E-state index in [2.05, 4.69) is 42.3 Å². The Kier molecular flexibility index (Phi) is 10.5. The molecule has 0 aromatic heterocycles. The minimum Gasteiger partial charge on any atom is -0.490 e. The number of aryl methyl sites for hydroxylation is 1. The summed E-state index contributed by atoms with van der Waals surface area (Å²) in [4.78, 5) is 29.6. The molecule has 0 radical (unpaired) electrons. The summed E-state index contributed by atoms with van der Waals surface area (Å²) in [7, 11) is 1.87. The molecule has 1 saturated heterocycles. The molecule has 0 bridgehead atoms. The molecule has 1 heterocycles. The van der Waals surface area contributed by atoms with Crippen molar-refractivity contribution in [2.24, 2.45) is 11.8 Å². The summed E-state index contributed by atoms with van der Waals surface area (Å²) < 4.78 is 30.8. The quantitative estimate of drug-likeness (QED) is 0.406. The number of ether oxygens (including phenoxy) is 1. The van der Waals surface area contributed by atoms with Gasteiger partial charge in [-0.15, -0.1) is 0 Å². The summed E-state index contributed by atoms with van der Waals surface area (Å²) in [6.45, 7) is 7.09. The van der Waals surface area contributed by atoms with E-state index in [1.54, 1.807) is 23.1 Å². The first-order chi connectivity index (χ1) is 19.2. The molecule has 4 rings (SSSR count). The molecule has 0 unspecified atom stereocenters. The summed E-state index contributed by atoms with van der Waals surface area (Å²) in [5.74, 6) is 1.07. The van der Waals surface area contributed by atoms with Gasteiger partial charge in [0.2, 0.25) is 11.8 Å². The molecular weight excluding hydrogens is 512 g/mol. The van der Waals surface area contributed by atoms with Gasteiger partial charge in [0, 0.05) is 31.7 Å².